The van der Waals surface area contributed by atoms with Crippen molar-refractivity contribution in [3.05, 3.63) is 35.9 Å². The predicted octanol–water partition coefficient (Wildman–Crippen LogP) is 1.18. The van der Waals surface area contributed by atoms with Crippen LogP contribution in [0.4, 0.5) is 0 Å². The second-order valence-corrected chi connectivity index (χ2v) is 5.62. The molecule has 1 saturated heterocycles. The Hall–Kier alpha value is -1.88. The van der Waals surface area contributed by atoms with Gasteiger partial charge in [-0.1, -0.05) is 30.3 Å². The predicted molar refractivity (Wildman–Crippen MR) is 84.3 cm³/mol. The van der Waals surface area contributed by atoms with Crippen molar-refractivity contribution in [3.63, 3.8) is 0 Å². The van der Waals surface area contributed by atoms with E-state index >= 15 is 0 Å². The Balaban J connectivity index is 2.09. The maximum absolute atomic E-state index is 12.7. The fraction of sp³-hybridized carbons (Fsp3) is 0.529. The molecule has 1 aromatic carbocycles. The number of hydrogen-bond donors (Lipinski definition) is 0. The Kier molecular flexibility index (Phi) is 5.95. The SMILES string of the molecule is CCOC(=O)[C@@H](Cc1ccccc1)C(=O)N1CCN(C)CC1. The number of rotatable bonds is 5. The second kappa shape index (κ2) is 7.94. The lowest BCUT2D eigenvalue weighted by molar-refractivity contribution is -0.156. The summed E-state index contributed by atoms with van der Waals surface area (Å²) >= 11 is 0. The van der Waals surface area contributed by atoms with Gasteiger partial charge >= 0.3 is 5.97 Å². The molecule has 1 fully saturated rings. The first-order valence-corrected chi connectivity index (χ1v) is 7.79. The van der Waals surface area contributed by atoms with Crippen molar-refractivity contribution >= 4 is 11.9 Å². The number of piperazine rings is 1. The smallest absolute Gasteiger partial charge is 0.318 e. The summed E-state index contributed by atoms with van der Waals surface area (Å²) in [4.78, 5) is 28.9. The van der Waals surface area contributed by atoms with E-state index in [-0.39, 0.29) is 5.91 Å². The van der Waals surface area contributed by atoms with Gasteiger partial charge in [-0.25, -0.2) is 0 Å². The van der Waals surface area contributed by atoms with Gasteiger partial charge in [-0.15, -0.1) is 0 Å². The summed E-state index contributed by atoms with van der Waals surface area (Å²) in [7, 11) is 2.04. The Morgan fingerprint density at radius 3 is 2.36 bits per heavy atom. The van der Waals surface area contributed by atoms with Crippen molar-refractivity contribution in [2.75, 3.05) is 39.8 Å². The minimum Gasteiger partial charge on any atom is -0.465 e. The van der Waals surface area contributed by atoms with Gasteiger partial charge < -0.3 is 14.5 Å². The maximum atomic E-state index is 12.7. The third kappa shape index (κ3) is 4.31. The normalized spacial score (nSPS) is 17.1. The summed E-state index contributed by atoms with van der Waals surface area (Å²) in [6, 6.07) is 9.62. The van der Waals surface area contributed by atoms with Crippen LogP contribution in [0.15, 0.2) is 30.3 Å². The van der Waals surface area contributed by atoms with E-state index in [2.05, 4.69) is 4.90 Å². The molecule has 0 bridgehead atoms. The van der Waals surface area contributed by atoms with Crippen molar-refractivity contribution in [2.45, 2.75) is 13.3 Å². The fourth-order valence-corrected chi connectivity index (χ4v) is 2.61. The third-order valence-corrected chi connectivity index (χ3v) is 3.97. The molecule has 1 aliphatic rings. The lowest BCUT2D eigenvalue weighted by Gasteiger charge is -2.34. The second-order valence-electron chi connectivity index (χ2n) is 5.62. The van der Waals surface area contributed by atoms with Gasteiger partial charge in [0.2, 0.25) is 5.91 Å². The van der Waals surface area contributed by atoms with E-state index in [0.29, 0.717) is 26.1 Å². The lowest BCUT2D eigenvalue weighted by atomic mass is 9.97. The van der Waals surface area contributed by atoms with Crippen molar-refractivity contribution in [2.24, 2.45) is 5.92 Å². The van der Waals surface area contributed by atoms with E-state index in [9.17, 15) is 9.59 Å². The Labute approximate surface area is 131 Å². The van der Waals surface area contributed by atoms with Crippen LogP contribution < -0.4 is 0 Å². The van der Waals surface area contributed by atoms with E-state index in [1.807, 2.05) is 37.4 Å². The minimum absolute atomic E-state index is 0.115. The van der Waals surface area contributed by atoms with Gasteiger partial charge in [-0.05, 0) is 26.0 Å². The highest BCUT2D eigenvalue weighted by Crippen LogP contribution is 2.15. The number of likely N-dealkylation sites (N-methyl/N-ethyl adjacent to an activating group) is 1. The maximum Gasteiger partial charge on any atom is 0.318 e. The molecule has 1 aliphatic heterocycles. The monoisotopic (exact) mass is 304 g/mol. The third-order valence-electron chi connectivity index (χ3n) is 3.97. The number of benzene rings is 1. The van der Waals surface area contributed by atoms with Crippen molar-refractivity contribution in [1.82, 2.24) is 9.80 Å². The van der Waals surface area contributed by atoms with Gasteiger partial charge in [0.25, 0.3) is 0 Å². The molecule has 1 aromatic rings. The number of nitrogens with zero attached hydrogens (tertiary/aromatic N) is 2. The molecule has 0 aliphatic carbocycles. The van der Waals surface area contributed by atoms with Gasteiger partial charge in [0.05, 0.1) is 6.61 Å². The number of hydrogen-bond acceptors (Lipinski definition) is 4. The quantitative estimate of drug-likeness (QED) is 0.605. The highest BCUT2D eigenvalue weighted by Gasteiger charge is 2.33. The molecule has 0 radical (unpaired) electrons. The molecule has 5 nitrogen and oxygen atoms in total. The molecular weight excluding hydrogens is 280 g/mol. The Morgan fingerprint density at radius 1 is 1.14 bits per heavy atom. The van der Waals surface area contributed by atoms with E-state index in [1.54, 1.807) is 11.8 Å². The number of carbonyl (C=O) groups excluding carboxylic acids is 2. The Bertz CT molecular complexity index is 496. The van der Waals surface area contributed by atoms with Crippen molar-refractivity contribution < 1.29 is 14.3 Å². The number of carbonyl (C=O) groups is 2. The molecule has 0 unspecified atom stereocenters. The molecule has 1 amide bonds. The van der Waals surface area contributed by atoms with E-state index in [0.717, 1.165) is 18.7 Å². The molecule has 0 aromatic heterocycles. The van der Waals surface area contributed by atoms with Gasteiger partial charge in [-0.3, -0.25) is 9.59 Å². The zero-order valence-corrected chi connectivity index (χ0v) is 13.3. The zero-order valence-electron chi connectivity index (χ0n) is 13.3. The molecule has 0 spiro atoms. The van der Waals surface area contributed by atoms with Crippen LogP contribution in [0.3, 0.4) is 0 Å². The molecular formula is C17H24N2O3. The molecule has 22 heavy (non-hydrogen) atoms. The van der Waals surface area contributed by atoms with Crippen LogP contribution in [0.1, 0.15) is 12.5 Å². The summed E-state index contributed by atoms with van der Waals surface area (Å²) in [5.74, 6) is -1.28. The minimum atomic E-state index is -0.745. The molecule has 5 heteroatoms. The van der Waals surface area contributed by atoms with Gasteiger partial charge in [0.1, 0.15) is 5.92 Å². The average molecular weight is 304 g/mol. The van der Waals surface area contributed by atoms with Crippen LogP contribution in [0.5, 0.6) is 0 Å². The van der Waals surface area contributed by atoms with Gasteiger partial charge in [0.15, 0.2) is 0 Å². The Morgan fingerprint density at radius 2 is 1.77 bits per heavy atom. The summed E-state index contributed by atoms with van der Waals surface area (Å²) in [5.41, 5.74) is 0.975. The summed E-state index contributed by atoms with van der Waals surface area (Å²) < 4.78 is 5.11. The fourth-order valence-electron chi connectivity index (χ4n) is 2.61. The van der Waals surface area contributed by atoms with E-state index < -0.39 is 11.9 Å². The van der Waals surface area contributed by atoms with Gasteiger partial charge in [-0.2, -0.15) is 0 Å². The van der Waals surface area contributed by atoms with Crippen LogP contribution in [-0.2, 0) is 20.7 Å². The first kappa shape index (κ1) is 16.5. The summed E-state index contributed by atoms with van der Waals surface area (Å²) in [5, 5.41) is 0. The highest BCUT2D eigenvalue weighted by molar-refractivity contribution is 5.98. The average Bonchev–Trinajstić information content (AvgIpc) is 2.54. The van der Waals surface area contributed by atoms with Crippen LogP contribution in [0.25, 0.3) is 0 Å². The zero-order chi connectivity index (χ0) is 15.9. The molecule has 2 rings (SSSR count). The first-order chi connectivity index (χ1) is 10.6. The first-order valence-electron chi connectivity index (χ1n) is 7.79. The standard InChI is InChI=1S/C17H24N2O3/c1-3-22-17(21)15(13-14-7-5-4-6-8-14)16(20)19-11-9-18(2)10-12-19/h4-8,15H,3,9-13H2,1-2H3/t15-/m0/s1. The van der Waals surface area contributed by atoms with Gasteiger partial charge in [0, 0.05) is 26.2 Å². The van der Waals surface area contributed by atoms with Crippen LogP contribution in [0.2, 0.25) is 0 Å². The van der Waals surface area contributed by atoms with Crippen molar-refractivity contribution in [1.29, 1.82) is 0 Å². The number of amides is 1. The lowest BCUT2D eigenvalue weighted by Crippen LogP contribution is -2.50. The topological polar surface area (TPSA) is 49.9 Å². The molecule has 120 valence electrons. The number of ether oxygens (including phenoxy) is 1. The largest absolute Gasteiger partial charge is 0.465 e. The van der Waals surface area contributed by atoms with Crippen molar-refractivity contribution in [3.8, 4) is 0 Å². The molecule has 1 atom stereocenters. The molecule has 0 saturated carbocycles. The molecule has 1 heterocycles. The highest BCUT2D eigenvalue weighted by atomic mass is 16.5. The summed E-state index contributed by atoms with van der Waals surface area (Å²) in [6.07, 6.45) is 0.394. The summed E-state index contributed by atoms with van der Waals surface area (Å²) in [6.45, 7) is 5.07. The van der Waals surface area contributed by atoms with Crippen LogP contribution >= 0.6 is 0 Å². The van der Waals surface area contributed by atoms with E-state index in [1.165, 1.54) is 0 Å². The molecule has 0 N–H and O–H groups in total. The van der Waals surface area contributed by atoms with Crippen LogP contribution in [0, 0.1) is 5.92 Å². The van der Waals surface area contributed by atoms with Crippen LogP contribution in [-0.4, -0.2) is 61.5 Å². The number of esters is 1. The van der Waals surface area contributed by atoms with E-state index in [4.69, 9.17) is 4.74 Å².